The molecule has 0 radical (unpaired) electrons. The molecule has 33 heavy (non-hydrogen) atoms. The summed E-state index contributed by atoms with van der Waals surface area (Å²) < 4.78 is 11.7. The SMILES string of the molecule is COc1ccc(/C=C/C(=O)N(Cc2cccnc2)c2nc3cc(C)c(C)cc3s2)cc1OC. The number of hydrogen-bond acceptors (Lipinski definition) is 6. The molecular weight excluding hydrogens is 434 g/mol. The van der Waals surface area contributed by atoms with E-state index >= 15 is 0 Å². The predicted octanol–water partition coefficient (Wildman–Crippen LogP) is 5.57. The van der Waals surface area contributed by atoms with Crippen LogP contribution in [0.4, 0.5) is 5.13 Å². The van der Waals surface area contributed by atoms with E-state index in [2.05, 4.69) is 31.0 Å². The Morgan fingerprint density at radius 3 is 2.58 bits per heavy atom. The van der Waals surface area contributed by atoms with E-state index < -0.39 is 0 Å². The number of methoxy groups -OCH3 is 2. The minimum Gasteiger partial charge on any atom is -0.493 e. The maximum atomic E-state index is 13.3. The maximum Gasteiger partial charge on any atom is 0.253 e. The molecule has 0 N–H and O–H groups in total. The lowest BCUT2D eigenvalue weighted by atomic mass is 10.1. The zero-order valence-electron chi connectivity index (χ0n) is 19.0. The molecule has 0 saturated carbocycles. The summed E-state index contributed by atoms with van der Waals surface area (Å²) in [6.45, 7) is 4.53. The molecule has 0 unspecified atom stereocenters. The van der Waals surface area contributed by atoms with Gasteiger partial charge >= 0.3 is 0 Å². The van der Waals surface area contributed by atoms with Gasteiger partial charge in [0.1, 0.15) is 0 Å². The Balaban J connectivity index is 1.67. The van der Waals surface area contributed by atoms with Crippen LogP contribution in [0.1, 0.15) is 22.3 Å². The molecule has 7 heteroatoms. The molecule has 4 aromatic rings. The maximum absolute atomic E-state index is 13.3. The number of rotatable bonds is 7. The second-order valence-corrected chi connectivity index (χ2v) is 8.64. The van der Waals surface area contributed by atoms with E-state index in [1.54, 1.807) is 43.7 Å². The summed E-state index contributed by atoms with van der Waals surface area (Å²) in [6.07, 6.45) is 6.80. The largest absolute Gasteiger partial charge is 0.493 e. The van der Waals surface area contributed by atoms with E-state index in [9.17, 15) is 4.79 Å². The van der Waals surface area contributed by atoms with E-state index in [1.165, 1.54) is 22.5 Å². The van der Waals surface area contributed by atoms with Crippen LogP contribution in [0.3, 0.4) is 0 Å². The van der Waals surface area contributed by atoms with Crippen LogP contribution in [0.25, 0.3) is 16.3 Å². The molecule has 0 saturated heterocycles. The normalized spacial score (nSPS) is 11.2. The molecule has 168 valence electrons. The Morgan fingerprint density at radius 1 is 1.06 bits per heavy atom. The number of benzene rings is 2. The number of pyridine rings is 1. The van der Waals surface area contributed by atoms with Crippen molar-refractivity contribution in [3.05, 3.63) is 83.2 Å². The van der Waals surface area contributed by atoms with Gasteiger partial charge in [0.25, 0.3) is 5.91 Å². The van der Waals surface area contributed by atoms with Gasteiger partial charge in [-0.15, -0.1) is 0 Å². The van der Waals surface area contributed by atoms with Crippen molar-refractivity contribution in [2.45, 2.75) is 20.4 Å². The molecular formula is C26H25N3O3S. The number of fused-ring (bicyclic) bond motifs is 1. The molecule has 2 aromatic carbocycles. The Bertz CT molecular complexity index is 1280. The van der Waals surface area contributed by atoms with Crippen molar-refractivity contribution in [2.24, 2.45) is 0 Å². The molecule has 0 spiro atoms. The fraction of sp³-hybridized carbons (Fsp3) is 0.192. The smallest absolute Gasteiger partial charge is 0.253 e. The van der Waals surface area contributed by atoms with Gasteiger partial charge in [0.2, 0.25) is 0 Å². The van der Waals surface area contributed by atoms with Crippen LogP contribution in [0.5, 0.6) is 11.5 Å². The van der Waals surface area contributed by atoms with Crippen molar-refractivity contribution in [1.29, 1.82) is 0 Å². The van der Waals surface area contributed by atoms with E-state index in [4.69, 9.17) is 14.5 Å². The molecule has 0 fully saturated rings. The summed E-state index contributed by atoms with van der Waals surface area (Å²) in [7, 11) is 3.18. The van der Waals surface area contributed by atoms with Crippen LogP contribution < -0.4 is 14.4 Å². The number of carbonyl (C=O) groups excluding carboxylic acids is 1. The first-order chi connectivity index (χ1) is 16.0. The summed E-state index contributed by atoms with van der Waals surface area (Å²) in [4.78, 5) is 24.0. The Hall–Kier alpha value is -3.71. The number of aryl methyl sites for hydroxylation is 2. The number of amides is 1. The summed E-state index contributed by atoms with van der Waals surface area (Å²) in [6, 6.07) is 13.5. The summed E-state index contributed by atoms with van der Waals surface area (Å²) in [5.41, 5.74) is 5.04. The molecule has 0 bridgehead atoms. The van der Waals surface area contributed by atoms with Crippen LogP contribution in [-0.4, -0.2) is 30.1 Å². The molecule has 2 heterocycles. The Kier molecular flexibility index (Phi) is 6.70. The van der Waals surface area contributed by atoms with Crippen LogP contribution in [0, 0.1) is 13.8 Å². The third kappa shape index (κ3) is 5.04. The topological polar surface area (TPSA) is 64.5 Å². The van der Waals surface area contributed by atoms with Crippen molar-refractivity contribution in [3.8, 4) is 11.5 Å². The van der Waals surface area contributed by atoms with Gasteiger partial charge in [0.15, 0.2) is 16.6 Å². The summed E-state index contributed by atoms with van der Waals surface area (Å²) >= 11 is 1.51. The quantitative estimate of drug-likeness (QED) is 0.338. The first kappa shape index (κ1) is 22.5. The molecule has 2 aromatic heterocycles. The highest BCUT2D eigenvalue weighted by molar-refractivity contribution is 7.22. The molecule has 4 rings (SSSR count). The number of aromatic nitrogens is 2. The number of hydrogen-bond donors (Lipinski definition) is 0. The van der Waals surface area contributed by atoms with Gasteiger partial charge in [0.05, 0.1) is 31.0 Å². The molecule has 0 aliphatic rings. The van der Waals surface area contributed by atoms with Crippen LogP contribution in [0.15, 0.2) is 60.9 Å². The van der Waals surface area contributed by atoms with Crippen molar-refractivity contribution >= 4 is 38.7 Å². The molecule has 0 atom stereocenters. The van der Waals surface area contributed by atoms with Crippen molar-refractivity contribution in [2.75, 3.05) is 19.1 Å². The third-order valence-corrected chi connectivity index (χ3v) is 6.42. The monoisotopic (exact) mass is 459 g/mol. The third-order valence-electron chi connectivity index (χ3n) is 5.38. The number of ether oxygens (including phenoxy) is 2. The number of carbonyl (C=O) groups is 1. The predicted molar refractivity (Wildman–Crippen MR) is 133 cm³/mol. The van der Waals surface area contributed by atoms with Gasteiger partial charge in [-0.25, -0.2) is 4.98 Å². The number of anilines is 1. The van der Waals surface area contributed by atoms with Gasteiger partial charge in [-0.3, -0.25) is 14.7 Å². The highest BCUT2D eigenvalue weighted by Gasteiger charge is 2.19. The lowest BCUT2D eigenvalue weighted by Crippen LogP contribution is -2.28. The lowest BCUT2D eigenvalue weighted by Gasteiger charge is -2.18. The fourth-order valence-corrected chi connectivity index (χ4v) is 4.46. The van der Waals surface area contributed by atoms with Gasteiger partial charge < -0.3 is 9.47 Å². The molecule has 6 nitrogen and oxygen atoms in total. The van der Waals surface area contributed by atoms with Gasteiger partial charge in [0, 0.05) is 18.5 Å². The summed E-state index contributed by atoms with van der Waals surface area (Å²) in [5, 5.41) is 0.654. The van der Waals surface area contributed by atoms with Crippen molar-refractivity contribution < 1.29 is 14.3 Å². The van der Waals surface area contributed by atoms with Crippen LogP contribution >= 0.6 is 11.3 Å². The minimum atomic E-state index is -0.166. The second kappa shape index (κ2) is 9.83. The Labute approximate surface area is 197 Å². The molecule has 1 amide bonds. The van der Waals surface area contributed by atoms with Gasteiger partial charge in [-0.2, -0.15) is 0 Å². The average molecular weight is 460 g/mol. The first-order valence-corrected chi connectivity index (χ1v) is 11.3. The number of thiazole rings is 1. The van der Waals surface area contributed by atoms with Gasteiger partial charge in [-0.1, -0.05) is 23.5 Å². The van der Waals surface area contributed by atoms with Crippen molar-refractivity contribution in [3.63, 3.8) is 0 Å². The lowest BCUT2D eigenvalue weighted by molar-refractivity contribution is -0.114. The molecule has 0 aliphatic heterocycles. The van der Waals surface area contributed by atoms with Crippen molar-refractivity contribution in [1.82, 2.24) is 9.97 Å². The van der Waals surface area contributed by atoms with Crippen LogP contribution in [0.2, 0.25) is 0 Å². The van der Waals surface area contributed by atoms with Gasteiger partial charge in [-0.05, 0) is 72.5 Å². The average Bonchev–Trinajstić information content (AvgIpc) is 3.23. The molecule has 0 aliphatic carbocycles. The van der Waals surface area contributed by atoms with E-state index in [0.29, 0.717) is 23.2 Å². The first-order valence-electron chi connectivity index (χ1n) is 10.5. The standard InChI is InChI=1S/C26H25N3O3S/c1-17-12-21-24(13-18(17)2)33-26(28-21)29(16-20-6-5-11-27-15-20)25(30)10-8-19-7-9-22(31-3)23(14-19)32-4/h5-15H,16H2,1-4H3/b10-8+. The highest BCUT2D eigenvalue weighted by Crippen LogP contribution is 2.32. The van der Waals surface area contributed by atoms with Crippen LogP contribution in [-0.2, 0) is 11.3 Å². The summed E-state index contributed by atoms with van der Waals surface area (Å²) in [5.74, 6) is 1.08. The van der Waals surface area contributed by atoms with E-state index in [-0.39, 0.29) is 5.91 Å². The highest BCUT2D eigenvalue weighted by atomic mass is 32.1. The van der Waals surface area contributed by atoms with E-state index in [0.717, 1.165) is 21.3 Å². The second-order valence-electron chi connectivity index (χ2n) is 7.63. The Morgan fingerprint density at radius 2 is 1.85 bits per heavy atom. The van der Waals surface area contributed by atoms with E-state index in [1.807, 2.05) is 30.3 Å². The zero-order chi connectivity index (χ0) is 23.4. The zero-order valence-corrected chi connectivity index (χ0v) is 19.8. The minimum absolute atomic E-state index is 0.166. The fourth-order valence-electron chi connectivity index (χ4n) is 3.41. The number of nitrogens with zero attached hydrogens (tertiary/aromatic N) is 3.